The molecule has 0 amide bonds. The summed E-state index contributed by atoms with van der Waals surface area (Å²) in [6.07, 6.45) is -49.6. The quantitative estimate of drug-likeness (QED) is 0.128. The van der Waals surface area contributed by atoms with E-state index in [1.54, 1.807) is 0 Å². The van der Waals surface area contributed by atoms with Crippen LogP contribution in [-0.4, -0.2) is 11.3 Å². The molecular formula is C36H20F24P2. The molecule has 0 spiro atoms. The molecule has 0 aromatic heterocycles. The maximum Gasteiger partial charge on any atom is 0.417 e. The van der Waals surface area contributed by atoms with Gasteiger partial charge in [-0.1, -0.05) is 62.4 Å². The lowest BCUT2D eigenvalue weighted by Crippen LogP contribution is -2.39. The maximum atomic E-state index is 14.8. The van der Waals surface area contributed by atoms with Crippen molar-refractivity contribution in [2.75, 3.05) is 0 Å². The lowest BCUT2D eigenvalue weighted by atomic mass is 10.1. The van der Waals surface area contributed by atoms with Crippen LogP contribution < -0.4 is 21.2 Å². The zero-order valence-corrected chi connectivity index (χ0v) is 31.8. The van der Waals surface area contributed by atoms with E-state index in [4.69, 9.17) is 0 Å². The Hall–Kier alpha value is -3.94. The SMILES string of the molecule is CC(C(C)P(c1cccc(C(F)(F)F)c1C(F)(F)F)c1cccc(C(F)(F)F)c1C(F)(F)F)P(c1cccc(C(F)(F)F)c1C(F)(F)F)c1cccc(C(F)(F)F)c1C(F)(F)F. The van der Waals surface area contributed by atoms with Crippen LogP contribution >= 0.6 is 15.8 Å². The number of halogens is 24. The first-order valence-corrected chi connectivity index (χ1v) is 19.2. The Morgan fingerprint density at radius 1 is 0.274 bits per heavy atom. The van der Waals surface area contributed by atoms with E-state index in [9.17, 15) is 105 Å². The van der Waals surface area contributed by atoms with Crippen LogP contribution in [0.4, 0.5) is 105 Å². The molecule has 4 aromatic carbocycles. The fraction of sp³-hybridized carbons (Fsp3) is 0.333. The molecule has 26 heteroatoms. The first-order valence-electron chi connectivity index (χ1n) is 16.4. The van der Waals surface area contributed by atoms with Crippen LogP contribution in [0.25, 0.3) is 0 Å². The van der Waals surface area contributed by atoms with E-state index in [0.717, 1.165) is 0 Å². The molecule has 0 aliphatic heterocycles. The van der Waals surface area contributed by atoms with Gasteiger partial charge in [0.15, 0.2) is 0 Å². The molecule has 0 bridgehead atoms. The number of benzene rings is 4. The van der Waals surface area contributed by atoms with Crippen molar-refractivity contribution in [3.05, 3.63) is 117 Å². The topological polar surface area (TPSA) is 0 Å². The van der Waals surface area contributed by atoms with Gasteiger partial charge in [-0.05, 0) is 72.6 Å². The molecule has 0 saturated carbocycles. The molecule has 0 saturated heterocycles. The van der Waals surface area contributed by atoms with Gasteiger partial charge in [-0.25, -0.2) is 0 Å². The number of rotatable bonds is 7. The molecule has 2 unspecified atom stereocenters. The third-order valence-corrected chi connectivity index (χ3v) is 15.4. The van der Waals surface area contributed by atoms with Crippen molar-refractivity contribution < 1.29 is 105 Å². The first kappa shape index (κ1) is 50.7. The van der Waals surface area contributed by atoms with Gasteiger partial charge in [0.05, 0.1) is 44.5 Å². The summed E-state index contributed by atoms with van der Waals surface area (Å²) >= 11 is 0. The largest absolute Gasteiger partial charge is 0.417 e. The molecule has 2 atom stereocenters. The van der Waals surface area contributed by atoms with Crippen LogP contribution in [0, 0.1) is 0 Å². The Balaban J connectivity index is 2.36. The van der Waals surface area contributed by atoms with Crippen molar-refractivity contribution in [2.45, 2.75) is 74.6 Å². The summed E-state index contributed by atoms with van der Waals surface area (Å²) in [6, 6.07) is -0.415. The summed E-state index contributed by atoms with van der Waals surface area (Å²) in [4.78, 5) is 0. The molecule has 62 heavy (non-hydrogen) atoms. The van der Waals surface area contributed by atoms with Crippen LogP contribution in [0.15, 0.2) is 72.8 Å². The highest BCUT2D eigenvalue weighted by Crippen LogP contribution is 2.59. The van der Waals surface area contributed by atoms with Gasteiger partial charge in [0.25, 0.3) is 0 Å². The van der Waals surface area contributed by atoms with Gasteiger partial charge in [-0.2, -0.15) is 105 Å². The van der Waals surface area contributed by atoms with Crippen LogP contribution in [-0.2, 0) is 49.4 Å². The third-order valence-electron chi connectivity index (χ3n) is 9.08. The van der Waals surface area contributed by atoms with Crippen LogP contribution in [0.5, 0.6) is 0 Å². The van der Waals surface area contributed by atoms with Crippen LogP contribution in [0.3, 0.4) is 0 Å². The Morgan fingerprint density at radius 3 is 0.565 bits per heavy atom. The van der Waals surface area contributed by atoms with Crippen molar-refractivity contribution in [3.8, 4) is 0 Å². The zero-order valence-electron chi connectivity index (χ0n) is 30.0. The number of alkyl halides is 24. The summed E-state index contributed by atoms with van der Waals surface area (Å²) < 4.78 is 348. The molecule has 0 aliphatic rings. The van der Waals surface area contributed by atoms with E-state index < -0.39 is 142 Å². The second-order valence-corrected chi connectivity index (χ2v) is 18.0. The molecule has 0 fully saturated rings. The summed E-state index contributed by atoms with van der Waals surface area (Å²) in [5.74, 6) is 0. The van der Waals surface area contributed by atoms with E-state index >= 15 is 0 Å². The molecular weight excluding hydrogens is 950 g/mol. The Kier molecular flexibility index (Phi) is 13.5. The maximum absolute atomic E-state index is 14.8. The van der Waals surface area contributed by atoms with E-state index in [1.165, 1.54) is 0 Å². The molecule has 0 aliphatic carbocycles. The zero-order chi connectivity index (χ0) is 47.7. The minimum atomic E-state index is -6.31. The van der Waals surface area contributed by atoms with Crippen molar-refractivity contribution in [1.82, 2.24) is 0 Å². The van der Waals surface area contributed by atoms with Crippen molar-refractivity contribution in [2.24, 2.45) is 0 Å². The third kappa shape index (κ3) is 10.4. The summed E-state index contributed by atoms with van der Waals surface area (Å²) in [5.41, 5.74) is -27.6. The normalized spacial score (nSPS) is 15.1. The van der Waals surface area contributed by atoms with Crippen molar-refractivity contribution in [1.29, 1.82) is 0 Å². The van der Waals surface area contributed by atoms with Crippen molar-refractivity contribution in [3.63, 3.8) is 0 Å². The smallest absolute Gasteiger partial charge is 0.166 e. The Morgan fingerprint density at radius 2 is 0.435 bits per heavy atom. The highest BCUT2D eigenvalue weighted by atomic mass is 31.1. The van der Waals surface area contributed by atoms with Gasteiger partial charge in [0, 0.05) is 0 Å². The van der Waals surface area contributed by atoms with Gasteiger partial charge in [0.2, 0.25) is 0 Å². The van der Waals surface area contributed by atoms with Crippen molar-refractivity contribution >= 4 is 37.1 Å². The molecule has 0 N–H and O–H groups in total. The second kappa shape index (κ2) is 16.6. The second-order valence-electron chi connectivity index (χ2n) is 13.0. The van der Waals surface area contributed by atoms with Gasteiger partial charge in [-0.15, -0.1) is 0 Å². The lowest BCUT2D eigenvalue weighted by Gasteiger charge is -2.39. The fourth-order valence-corrected chi connectivity index (χ4v) is 13.5. The molecule has 0 nitrogen and oxygen atoms in total. The van der Waals surface area contributed by atoms with E-state index in [-0.39, 0.29) is 72.8 Å². The van der Waals surface area contributed by atoms with Gasteiger partial charge >= 0.3 is 49.4 Å². The summed E-state index contributed by atoms with van der Waals surface area (Å²) in [6.45, 7) is 0.739. The van der Waals surface area contributed by atoms with E-state index in [2.05, 4.69) is 0 Å². The Bertz CT molecular complexity index is 1940. The van der Waals surface area contributed by atoms with E-state index in [1.807, 2.05) is 0 Å². The molecule has 0 radical (unpaired) electrons. The highest BCUT2D eigenvalue weighted by molar-refractivity contribution is 7.77. The molecule has 342 valence electrons. The molecule has 4 aromatic rings. The summed E-state index contributed by atoms with van der Waals surface area (Å²) in [7, 11) is -8.66. The number of hydrogen-bond donors (Lipinski definition) is 0. The number of hydrogen-bond acceptors (Lipinski definition) is 0. The Labute approximate surface area is 334 Å². The van der Waals surface area contributed by atoms with Gasteiger partial charge in [0.1, 0.15) is 0 Å². The minimum Gasteiger partial charge on any atom is -0.166 e. The van der Waals surface area contributed by atoms with E-state index in [0.29, 0.717) is 13.8 Å². The van der Waals surface area contributed by atoms with Gasteiger partial charge in [-0.3, -0.25) is 0 Å². The summed E-state index contributed by atoms with van der Waals surface area (Å²) in [5, 5.41) is -7.77. The van der Waals surface area contributed by atoms with Crippen LogP contribution in [0.1, 0.15) is 58.4 Å². The molecule has 4 rings (SSSR count). The minimum absolute atomic E-state index is 0.0342. The lowest BCUT2D eigenvalue weighted by molar-refractivity contribution is -0.161. The van der Waals surface area contributed by atoms with Crippen LogP contribution in [0.2, 0.25) is 0 Å². The monoisotopic (exact) mass is 970 g/mol. The standard InChI is InChI=1S/C36H20F24P2/c1-15(61(21-11-3-7-17(29(37,38)39)25(21)33(49,50)51)22-12-4-8-18(30(40,41)42)26(22)34(52,53)54)16(2)62(23-13-5-9-19(31(43,44)45)27(23)35(55,56)57)24-14-6-10-20(32(46,47)48)28(24)36(58,59)60/h3-16H,1-2H3. The highest BCUT2D eigenvalue weighted by Gasteiger charge is 2.54. The predicted molar refractivity (Wildman–Crippen MR) is 177 cm³/mol. The average molecular weight is 970 g/mol. The van der Waals surface area contributed by atoms with Gasteiger partial charge < -0.3 is 0 Å². The molecule has 0 heterocycles. The fourth-order valence-electron chi connectivity index (χ4n) is 6.67. The average Bonchev–Trinajstić information content (AvgIpc) is 3.08. The first-order chi connectivity index (χ1) is 27.7. The predicted octanol–water partition coefficient (Wildman–Crippen LogP) is 14.2.